The van der Waals surface area contributed by atoms with Gasteiger partial charge in [0, 0.05) is 23.6 Å². The number of ether oxygens (including phenoxy) is 1. The van der Waals surface area contributed by atoms with Crippen LogP contribution < -0.4 is 0 Å². The van der Waals surface area contributed by atoms with Crippen LogP contribution in [0, 0.1) is 31.1 Å². The van der Waals surface area contributed by atoms with Crippen molar-refractivity contribution >= 4 is 11.9 Å². The predicted molar refractivity (Wildman–Crippen MR) is 103 cm³/mol. The first-order valence-corrected chi connectivity index (χ1v) is 9.67. The number of Topliss-reactive ketones (excluding diaryl/α,β-unsaturated/α-hetero) is 1. The molecule has 2 aliphatic rings. The minimum absolute atomic E-state index is 0.0755. The van der Waals surface area contributed by atoms with Crippen molar-refractivity contribution in [2.75, 3.05) is 0 Å². The van der Waals surface area contributed by atoms with E-state index in [0.29, 0.717) is 18.4 Å². The van der Waals surface area contributed by atoms with Gasteiger partial charge in [-0.1, -0.05) is 0 Å². The summed E-state index contributed by atoms with van der Waals surface area (Å²) in [6.07, 6.45) is 2.98. The summed E-state index contributed by atoms with van der Waals surface area (Å²) in [5.74, 6) is 0.0711. The lowest BCUT2D eigenvalue weighted by Gasteiger charge is -2.39. The largest absolute Gasteiger partial charge is 0.444 e. The average molecular weight is 368 g/mol. The summed E-state index contributed by atoms with van der Waals surface area (Å²) in [6, 6.07) is 5.86. The summed E-state index contributed by atoms with van der Waals surface area (Å²) in [5, 5.41) is 9.12. The molecule has 2 unspecified atom stereocenters. The number of benzene rings is 1. The smallest absolute Gasteiger partial charge is 0.410 e. The molecular weight excluding hydrogens is 340 g/mol. The van der Waals surface area contributed by atoms with Gasteiger partial charge in [-0.25, -0.2) is 4.79 Å². The van der Waals surface area contributed by atoms with E-state index in [1.54, 1.807) is 12.1 Å². The Hall–Kier alpha value is -2.35. The topological polar surface area (TPSA) is 70.4 Å². The molecular formula is C22H28N2O3. The molecule has 5 nitrogen and oxygen atoms in total. The fourth-order valence-electron chi connectivity index (χ4n) is 4.62. The maximum Gasteiger partial charge on any atom is 0.410 e. The lowest BCUT2D eigenvalue weighted by atomic mass is 9.82. The van der Waals surface area contributed by atoms with Gasteiger partial charge in [0.15, 0.2) is 5.78 Å². The van der Waals surface area contributed by atoms with E-state index in [1.165, 1.54) is 0 Å². The lowest BCUT2D eigenvalue weighted by Crippen LogP contribution is -2.49. The Balaban J connectivity index is 1.78. The highest BCUT2D eigenvalue weighted by Gasteiger charge is 2.46. The Labute approximate surface area is 161 Å². The van der Waals surface area contributed by atoms with Gasteiger partial charge in [0.1, 0.15) is 5.60 Å². The summed E-state index contributed by atoms with van der Waals surface area (Å²) in [6.45, 7) is 9.41. The summed E-state index contributed by atoms with van der Waals surface area (Å²) < 4.78 is 5.57. The fraction of sp³-hybridized carbons (Fsp3) is 0.591. The number of rotatable bonds is 2. The van der Waals surface area contributed by atoms with Gasteiger partial charge >= 0.3 is 6.09 Å². The monoisotopic (exact) mass is 368 g/mol. The average Bonchev–Trinajstić information content (AvgIpc) is 2.82. The number of nitrogens with zero attached hydrogens (tertiary/aromatic N) is 2. The fourth-order valence-corrected chi connectivity index (χ4v) is 4.62. The molecule has 2 heterocycles. The molecule has 2 fully saturated rings. The zero-order valence-electron chi connectivity index (χ0n) is 16.8. The number of fused-ring (bicyclic) bond motifs is 2. The van der Waals surface area contributed by atoms with Crippen LogP contribution in [0.3, 0.4) is 0 Å². The SMILES string of the molecule is Cc1cc(C#N)cc(C)c1C(=O)C1CC2CCC(C1)N2C(=O)OC(C)(C)C. The van der Waals surface area contributed by atoms with Crippen LogP contribution in [0.25, 0.3) is 0 Å². The van der Waals surface area contributed by atoms with Crippen molar-refractivity contribution in [1.82, 2.24) is 4.90 Å². The Kier molecular flexibility index (Phi) is 5.03. The first-order valence-electron chi connectivity index (χ1n) is 9.67. The zero-order valence-corrected chi connectivity index (χ0v) is 16.8. The molecule has 0 aromatic heterocycles. The Morgan fingerprint density at radius 2 is 1.63 bits per heavy atom. The predicted octanol–water partition coefficient (Wildman–Crippen LogP) is 4.54. The molecule has 1 amide bonds. The lowest BCUT2D eigenvalue weighted by molar-refractivity contribution is 0.00252. The van der Waals surface area contributed by atoms with Crippen molar-refractivity contribution in [1.29, 1.82) is 5.26 Å². The van der Waals surface area contributed by atoms with Crippen molar-refractivity contribution in [3.63, 3.8) is 0 Å². The van der Waals surface area contributed by atoms with E-state index in [4.69, 9.17) is 10.00 Å². The number of hydrogen-bond donors (Lipinski definition) is 0. The van der Waals surface area contributed by atoms with E-state index in [2.05, 4.69) is 6.07 Å². The quantitative estimate of drug-likeness (QED) is 0.719. The van der Waals surface area contributed by atoms with E-state index in [0.717, 1.165) is 29.5 Å². The van der Waals surface area contributed by atoms with Crippen molar-refractivity contribution in [2.45, 2.75) is 78.0 Å². The molecule has 3 rings (SSSR count). The highest BCUT2D eigenvalue weighted by molar-refractivity contribution is 6.00. The third-order valence-corrected chi connectivity index (χ3v) is 5.62. The van der Waals surface area contributed by atoms with Gasteiger partial charge in [0.25, 0.3) is 0 Å². The molecule has 0 saturated carbocycles. The van der Waals surface area contributed by atoms with Gasteiger partial charge in [-0.15, -0.1) is 0 Å². The van der Waals surface area contributed by atoms with Crippen molar-refractivity contribution in [3.8, 4) is 6.07 Å². The van der Waals surface area contributed by atoms with E-state index < -0.39 is 5.60 Å². The number of hydrogen-bond acceptors (Lipinski definition) is 4. The summed E-state index contributed by atoms with van der Waals surface area (Å²) in [7, 11) is 0. The second kappa shape index (κ2) is 6.99. The van der Waals surface area contributed by atoms with Gasteiger partial charge in [0.05, 0.1) is 11.6 Å². The minimum atomic E-state index is -0.514. The van der Waals surface area contributed by atoms with Crippen LogP contribution in [0.5, 0.6) is 0 Å². The minimum Gasteiger partial charge on any atom is -0.444 e. The Bertz CT molecular complexity index is 779. The molecule has 27 heavy (non-hydrogen) atoms. The summed E-state index contributed by atoms with van der Waals surface area (Å²) in [5.41, 5.74) is 2.53. The maximum atomic E-state index is 13.2. The molecule has 0 spiro atoms. The number of ketones is 1. The molecule has 0 aliphatic carbocycles. The van der Waals surface area contributed by atoms with Crippen LogP contribution in [0.1, 0.15) is 73.5 Å². The molecule has 2 bridgehead atoms. The second-order valence-electron chi connectivity index (χ2n) is 8.90. The van der Waals surface area contributed by atoms with E-state index in [9.17, 15) is 9.59 Å². The van der Waals surface area contributed by atoms with E-state index in [1.807, 2.05) is 39.5 Å². The summed E-state index contributed by atoms with van der Waals surface area (Å²) in [4.78, 5) is 27.7. The van der Waals surface area contributed by atoms with Gasteiger partial charge in [-0.3, -0.25) is 4.79 Å². The van der Waals surface area contributed by atoms with E-state index in [-0.39, 0.29) is 29.9 Å². The molecule has 2 atom stereocenters. The second-order valence-corrected chi connectivity index (χ2v) is 8.90. The summed E-state index contributed by atoms with van der Waals surface area (Å²) >= 11 is 0. The number of amides is 1. The number of carbonyl (C=O) groups is 2. The molecule has 144 valence electrons. The molecule has 1 aromatic carbocycles. The molecule has 0 radical (unpaired) electrons. The molecule has 0 N–H and O–H groups in total. The number of nitriles is 1. The van der Waals surface area contributed by atoms with Gasteiger partial charge in [0.2, 0.25) is 0 Å². The van der Waals surface area contributed by atoms with Crippen LogP contribution in [0.4, 0.5) is 4.79 Å². The van der Waals surface area contributed by atoms with Gasteiger partial charge in [-0.2, -0.15) is 5.26 Å². The van der Waals surface area contributed by atoms with Crippen LogP contribution in [0.15, 0.2) is 12.1 Å². The molecule has 5 heteroatoms. The highest BCUT2D eigenvalue weighted by Crippen LogP contribution is 2.41. The van der Waals surface area contributed by atoms with Crippen molar-refractivity contribution in [3.05, 3.63) is 34.4 Å². The maximum absolute atomic E-state index is 13.2. The van der Waals surface area contributed by atoms with Crippen LogP contribution in [0.2, 0.25) is 0 Å². The molecule has 2 aliphatic heterocycles. The highest BCUT2D eigenvalue weighted by atomic mass is 16.6. The number of carbonyl (C=O) groups excluding carboxylic acids is 2. The third kappa shape index (κ3) is 3.85. The van der Waals surface area contributed by atoms with E-state index >= 15 is 0 Å². The van der Waals surface area contributed by atoms with Crippen molar-refractivity contribution in [2.24, 2.45) is 5.92 Å². The standard InChI is InChI=1S/C22H28N2O3/c1-13-8-15(12-23)9-14(2)19(13)20(25)16-10-17-6-7-18(11-16)24(17)21(26)27-22(3,4)5/h8-9,16-18H,6-7,10-11H2,1-5H3. The Morgan fingerprint density at radius 3 is 2.07 bits per heavy atom. The van der Waals surface area contributed by atoms with Crippen molar-refractivity contribution < 1.29 is 14.3 Å². The van der Waals surface area contributed by atoms with Crippen LogP contribution in [-0.2, 0) is 4.74 Å². The first kappa shape index (κ1) is 19.4. The third-order valence-electron chi connectivity index (χ3n) is 5.62. The number of piperidine rings is 1. The normalized spacial score (nSPS) is 24.4. The van der Waals surface area contributed by atoms with Gasteiger partial charge < -0.3 is 9.64 Å². The van der Waals surface area contributed by atoms with Crippen LogP contribution in [-0.4, -0.2) is 34.5 Å². The van der Waals surface area contributed by atoms with Gasteiger partial charge in [-0.05, 0) is 83.6 Å². The number of aryl methyl sites for hydroxylation is 2. The zero-order chi connectivity index (χ0) is 19.9. The molecule has 2 saturated heterocycles. The first-order chi connectivity index (χ1) is 12.6. The Morgan fingerprint density at radius 1 is 1.11 bits per heavy atom. The molecule has 1 aromatic rings. The van der Waals surface area contributed by atoms with Crippen LogP contribution >= 0.6 is 0 Å².